The first-order chi connectivity index (χ1) is 15.5. The van der Waals surface area contributed by atoms with Crippen molar-refractivity contribution >= 4 is 40.7 Å². The van der Waals surface area contributed by atoms with E-state index in [2.05, 4.69) is 15.7 Å². The molecule has 0 saturated heterocycles. The van der Waals surface area contributed by atoms with Crippen LogP contribution < -0.4 is 15.4 Å². The summed E-state index contributed by atoms with van der Waals surface area (Å²) in [5.74, 6) is 0.264. The number of carbonyl (C=O) groups is 2. The Kier molecular flexibility index (Phi) is 6.67. The minimum atomic E-state index is -0.356. The molecule has 1 aromatic heterocycles. The molecule has 4 rings (SSSR count). The van der Waals surface area contributed by atoms with Crippen LogP contribution in [0.1, 0.15) is 41.7 Å². The molecule has 1 aliphatic carbocycles. The van der Waals surface area contributed by atoms with Crippen LogP contribution in [0.15, 0.2) is 48.7 Å². The third kappa shape index (κ3) is 5.06. The zero-order valence-corrected chi connectivity index (χ0v) is 18.9. The SMILES string of the molecule is CCOc1ccc(NC(=O)CNC(=O)c2cnn(-c3ccc(Cl)cc3Cl)c2C2CC2)cc1. The van der Waals surface area contributed by atoms with Crippen molar-refractivity contribution in [3.8, 4) is 11.4 Å². The quantitative estimate of drug-likeness (QED) is 0.491. The maximum Gasteiger partial charge on any atom is 0.255 e. The van der Waals surface area contributed by atoms with Gasteiger partial charge in [0.1, 0.15) is 5.75 Å². The Morgan fingerprint density at radius 3 is 2.56 bits per heavy atom. The highest BCUT2D eigenvalue weighted by atomic mass is 35.5. The average Bonchev–Trinajstić information content (AvgIpc) is 3.52. The molecule has 0 unspecified atom stereocenters. The molecule has 1 saturated carbocycles. The lowest BCUT2D eigenvalue weighted by molar-refractivity contribution is -0.115. The second-order valence-corrected chi connectivity index (χ2v) is 8.26. The lowest BCUT2D eigenvalue weighted by Gasteiger charge is -2.11. The van der Waals surface area contributed by atoms with Gasteiger partial charge in [-0.2, -0.15) is 5.10 Å². The fourth-order valence-electron chi connectivity index (χ4n) is 3.39. The Morgan fingerprint density at radius 2 is 1.91 bits per heavy atom. The van der Waals surface area contributed by atoms with Gasteiger partial charge in [0.25, 0.3) is 5.91 Å². The van der Waals surface area contributed by atoms with Gasteiger partial charge in [-0.15, -0.1) is 0 Å². The fraction of sp³-hybridized carbons (Fsp3) is 0.261. The van der Waals surface area contributed by atoms with E-state index in [4.69, 9.17) is 27.9 Å². The predicted octanol–water partition coefficient (Wildman–Crippen LogP) is 4.82. The first kappa shape index (κ1) is 22.2. The number of ether oxygens (including phenoxy) is 1. The molecule has 3 aromatic rings. The summed E-state index contributed by atoms with van der Waals surface area (Å²) < 4.78 is 7.07. The van der Waals surface area contributed by atoms with E-state index in [1.807, 2.05) is 6.92 Å². The zero-order valence-electron chi connectivity index (χ0n) is 17.4. The van der Waals surface area contributed by atoms with Crippen LogP contribution >= 0.6 is 23.2 Å². The summed E-state index contributed by atoms with van der Waals surface area (Å²) in [6.07, 6.45) is 3.45. The number of aromatic nitrogens is 2. The van der Waals surface area contributed by atoms with Crippen molar-refractivity contribution in [2.75, 3.05) is 18.5 Å². The molecule has 7 nitrogen and oxygen atoms in total. The van der Waals surface area contributed by atoms with E-state index in [0.717, 1.165) is 24.3 Å². The standard InChI is InChI=1S/C23H22Cl2N4O3/c1-2-32-17-8-6-16(7-9-17)28-21(30)13-26-23(31)18-12-27-29(22(18)14-3-4-14)20-10-5-15(24)11-19(20)25/h5-12,14H,2-4,13H2,1H3,(H,26,31)(H,28,30). The Labute approximate surface area is 195 Å². The van der Waals surface area contributed by atoms with Crippen LogP contribution in [-0.2, 0) is 4.79 Å². The summed E-state index contributed by atoms with van der Waals surface area (Å²) in [5, 5.41) is 10.8. The highest BCUT2D eigenvalue weighted by Gasteiger charge is 2.33. The van der Waals surface area contributed by atoms with Crippen molar-refractivity contribution in [3.05, 3.63) is 70.0 Å². The van der Waals surface area contributed by atoms with Crippen LogP contribution in [0.2, 0.25) is 10.0 Å². The van der Waals surface area contributed by atoms with Crippen molar-refractivity contribution in [2.45, 2.75) is 25.7 Å². The second kappa shape index (κ2) is 9.63. The van der Waals surface area contributed by atoms with E-state index in [9.17, 15) is 9.59 Å². The van der Waals surface area contributed by atoms with Crippen LogP contribution in [0, 0.1) is 0 Å². The Hall–Kier alpha value is -3.03. The molecule has 2 amide bonds. The van der Waals surface area contributed by atoms with Crippen molar-refractivity contribution in [1.82, 2.24) is 15.1 Å². The van der Waals surface area contributed by atoms with Gasteiger partial charge < -0.3 is 15.4 Å². The molecule has 2 N–H and O–H groups in total. The predicted molar refractivity (Wildman–Crippen MR) is 124 cm³/mol. The smallest absolute Gasteiger partial charge is 0.255 e. The number of halogens is 2. The first-order valence-electron chi connectivity index (χ1n) is 10.3. The Bertz CT molecular complexity index is 1140. The van der Waals surface area contributed by atoms with Crippen molar-refractivity contribution in [1.29, 1.82) is 0 Å². The summed E-state index contributed by atoms with van der Waals surface area (Å²) in [7, 11) is 0. The number of amides is 2. The van der Waals surface area contributed by atoms with Crippen LogP contribution in [0.4, 0.5) is 5.69 Å². The topological polar surface area (TPSA) is 85.2 Å². The lowest BCUT2D eigenvalue weighted by atomic mass is 10.1. The maximum absolute atomic E-state index is 12.8. The number of nitrogens with one attached hydrogen (secondary N) is 2. The number of nitrogens with zero attached hydrogens (tertiary/aromatic N) is 2. The number of hydrogen-bond donors (Lipinski definition) is 2. The van der Waals surface area contributed by atoms with Gasteiger partial charge in [0.15, 0.2) is 0 Å². The molecule has 1 fully saturated rings. The van der Waals surface area contributed by atoms with E-state index in [-0.39, 0.29) is 24.3 Å². The number of hydrogen-bond acceptors (Lipinski definition) is 4. The number of benzene rings is 2. The van der Waals surface area contributed by atoms with Crippen LogP contribution in [0.5, 0.6) is 5.75 Å². The highest BCUT2D eigenvalue weighted by molar-refractivity contribution is 6.35. The highest BCUT2D eigenvalue weighted by Crippen LogP contribution is 2.43. The zero-order chi connectivity index (χ0) is 22.7. The van der Waals surface area contributed by atoms with E-state index in [1.54, 1.807) is 47.1 Å². The molecule has 32 heavy (non-hydrogen) atoms. The van der Waals surface area contributed by atoms with E-state index in [0.29, 0.717) is 33.6 Å². The summed E-state index contributed by atoms with van der Waals surface area (Å²) in [5.41, 5.74) is 2.51. The van der Waals surface area contributed by atoms with Gasteiger partial charge in [-0.25, -0.2) is 4.68 Å². The summed E-state index contributed by atoms with van der Waals surface area (Å²) in [4.78, 5) is 25.1. The number of rotatable bonds is 8. The lowest BCUT2D eigenvalue weighted by Crippen LogP contribution is -2.33. The Balaban J connectivity index is 1.43. The Morgan fingerprint density at radius 1 is 1.16 bits per heavy atom. The van der Waals surface area contributed by atoms with Gasteiger partial charge >= 0.3 is 0 Å². The summed E-state index contributed by atoms with van der Waals surface area (Å²) in [6, 6.07) is 12.2. The number of carbonyl (C=O) groups excluding carboxylic acids is 2. The van der Waals surface area contributed by atoms with Gasteiger partial charge in [-0.3, -0.25) is 9.59 Å². The van der Waals surface area contributed by atoms with Crippen molar-refractivity contribution in [2.24, 2.45) is 0 Å². The van der Waals surface area contributed by atoms with Gasteiger partial charge in [0.05, 0.1) is 41.3 Å². The first-order valence-corrected chi connectivity index (χ1v) is 11.1. The van der Waals surface area contributed by atoms with Crippen LogP contribution in [-0.4, -0.2) is 34.7 Å². The summed E-state index contributed by atoms with van der Waals surface area (Å²) in [6.45, 7) is 2.31. The molecule has 1 aliphatic rings. The molecule has 2 aromatic carbocycles. The van der Waals surface area contributed by atoms with Gasteiger partial charge in [-0.1, -0.05) is 23.2 Å². The van der Waals surface area contributed by atoms with E-state index >= 15 is 0 Å². The third-order valence-corrected chi connectivity index (χ3v) is 5.55. The molecular formula is C23H22Cl2N4O3. The third-order valence-electron chi connectivity index (χ3n) is 5.01. The minimum absolute atomic E-state index is 0.164. The molecule has 0 atom stereocenters. The molecule has 0 bridgehead atoms. The van der Waals surface area contributed by atoms with Gasteiger partial charge in [0.2, 0.25) is 5.91 Å². The second-order valence-electron chi connectivity index (χ2n) is 7.41. The molecule has 9 heteroatoms. The van der Waals surface area contributed by atoms with Gasteiger partial charge in [-0.05, 0) is 62.2 Å². The molecule has 0 radical (unpaired) electrons. The monoisotopic (exact) mass is 472 g/mol. The normalized spacial score (nSPS) is 13.0. The van der Waals surface area contributed by atoms with Crippen LogP contribution in [0.3, 0.4) is 0 Å². The molecule has 0 aliphatic heterocycles. The average molecular weight is 473 g/mol. The molecular weight excluding hydrogens is 451 g/mol. The number of anilines is 1. The van der Waals surface area contributed by atoms with Crippen molar-refractivity contribution in [3.63, 3.8) is 0 Å². The van der Waals surface area contributed by atoms with E-state index in [1.165, 1.54) is 6.20 Å². The fourth-order valence-corrected chi connectivity index (χ4v) is 3.88. The van der Waals surface area contributed by atoms with E-state index < -0.39 is 0 Å². The summed E-state index contributed by atoms with van der Waals surface area (Å²) >= 11 is 12.4. The van der Waals surface area contributed by atoms with Crippen molar-refractivity contribution < 1.29 is 14.3 Å². The molecule has 0 spiro atoms. The van der Waals surface area contributed by atoms with Crippen LogP contribution in [0.25, 0.3) is 5.69 Å². The molecule has 1 heterocycles. The minimum Gasteiger partial charge on any atom is -0.494 e. The maximum atomic E-state index is 12.8. The van der Waals surface area contributed by atoms with Gasteiger partial charge in [0, 0.05) is 16.6 Å². The molecule has 166 valence electrons. The largest absolute Gasteiger partial charge is 0.494 e.